The predicted molar refractivity (Wildman–Crippen MR) is 64.8 cm³/mol. The summed E-state index contributed by atoms with van der Waals surface area (Å²) < 4.78 is 339. The van der Waals surface area contributed by atoms with Crippen molar-refractivity contribution < 1.29 is 105 Å². The molecule has 0 aliphatic heterocycles. The summed E-state index contributed by atoms with van der Waals surface area (Å²) in [5.41, 5.74) is -38.6. The zero-order valence-electron chi connectivity index (χ0n) is 16.1. The molecule has 0 aromatic rings. The Labute approximate surface area is 188 Å². The maximum atomic E-state index is 15.3. The first-order valence-corrected chi connectivity index (χ1v) is 8.54. The van der Waals surface area contributed by atoms with E-state index in [1.54, 1.807) is 0 Å². The molecule has 0 amide bonds. The van der Waals surface area contributed by atoms with Crippen LogP contribution in [0.1, 0.15) is 0 Å². The zero-order valence-corrected chi connectivity index (χ0v) is 16.1. The van der Waals surface area contributed by atoms with Gasteiger partial charge in [-0.25, -0.2) is 17.6 Å². The molecule has 0 nitrogen and oxygen atoms in total. The summed E-state index contributed by atoms with van der Waals surface area (Å²) in [6.07, 6.45) is 0. The Kier molecular flexibility index (Phi) is 4.98. The second-order valence-electron chi connectivity index (χ2n) is 8.38. The van der Waals surface area contributed by atoms with Crippen LogP contribution in [0.5, 0.6) is 0 Å². The molecule has 224 valence electrons. The topological polar surface area (TPSA) is 0 Å². The molecule has 4 atom stereocenters. The quantitative estimate of drug-likeness (QED) is 0.250. The van der Waals surface area contributed by atoms with E-state index in [0.717, 1.165) is 0 Å². The van der Waals surface area contributed by atoms with Gasteiger partial charge in [0.25, 0.3) is 22.7 Å². The number of hydrogen-bond donors (Lipinski definition) is 0. The van der Waals surface area contributed by atoms with Crippen LogP contribution < -0.4 is 0 Å². The molecule has 3 aliphatic rings. The molecule has 3 rings (SSSR count). The number of fused-ring (bicyclic) bond motifs is 3. The lowest BCUT2D eigenvalue weighted by Crippen LogP contribution is -3.06. The van der Waals surface area contributed by atoms with Gasteiger partial charge in [-0.2, -0.15) is 87.8 Å². The van der Waals surface area contributed by atoms with E-state index in [9.17, 15) is 96.6 Å². The average Bonchev–Trinajstić information content (AvgIpc) is 2.72. The molecule has 0 bridgehead atoms. The minimum Gasteiger partial charge on any atom is -0.229 e. The monoisotopic (exact) mass is 624 g/mol. The summed E-state index contributed by atoms with van der Waals surface area (Å²) >= 11 is 0. The van der Waals surface area contributed by atoms with Crippen molar-refractivity contribution in [2.75, 3.05) is 0 Å². The van der Waals surface area contributed by atoms with E-state index >= 15 is 8.78 Å². The molecule has 0 unspecified atom stereocenters. The Morgan fingerprint density at radius 3 is 0.395 bits per heavy atom. The summed E-state index contributed by atoms with van der Waals surface area (Å²) in [7, 11) is 0. The molecule has 0 aromatic heterocycles. The first-order chi connectivity index (χ1) is 16.0. The molecular weight excluding hydrogens is 624 g/mol. The minimum absolute atomic E-state index is 8.76. The molecule has 0 spiro atoms. The third kappa shape index (κ3) is 1.88. The molecule has 0 heterocycles. The highest BCUT2D eigenvalue weighted by Gasteiger charge is 3.21. The van der Waals surface area contributed by atoms with Crippen molar-refractivity contribution in [2.24, 2.45) is 0 Å². The average molecular weight is 624 g/mol. The zero-order chi connectivity index (χ0) is 31.0. The van der Waals surface area contributed by atoms with Gasteiger partial charge in [0.15, 0.2) is 0 Å². The fourth-order valence-corrected chi connectivity index (χ4v) is 4.69. The molecule has 0 radical (unpaired) electrons. The molecule has 0 N–H and O–H groups in total. The Morgan fingerprint density at radius 1 is 0.132 bits per heavy atom. The molecule has 3 fully saturated rings. The van der Waals surface area contributed by atoms with E-state index in [1.807, 2.05) is 0 Å². The summed E-state index contributed by atoms with van der Waals surface area (Å²) in [4.78, 5) is 0. The lowest BCUT2D eigenvalue weighted by Gasteiger charge is -2.70. The van der Waals surface area contributed by atoms with Crippen molar-refractivity contribution in [2.45, 2.75) is 81.9 Å². The van der Waals surface area contributed by atoms with Gasteiger partial charge in [-0.05, 0) is 0 Å². The summed E-state index contributed by atoms with van der Waals surface area (Å²) in [5, 5.41) is 0. The molecule has 24 heteroatoms. The minimum atomic E-state index is -9.77. The van der Waals surface area contributed by atoms with Crippen LogP contribution in [0.15, 0.2) is 0 Å². The Morgan fingerprint density at radius 2 is 0.237 bits per heavy atom. The third-order valence-electron chi connectivity index (χ3n) is 6.78. The van der Waals surface area contributed by atoms with Crippen LogP contribution >= 0.6 is 0 Å². The Balaban J connectivity index is 2.86. The summed E-state index contributed by atoms with van der Waals surface area (Å²) in [6.45, 7) is 0. The SMILES string of the molecule is FC1(F)C(F)(F)C(F)(F)[C@]2(F)[C@](F)(C1(F)F)C(F)(F)C(F)(F)[C@@]1(F)C(F)(F)C(F)(F)C(F)(F)C(F)(F)[C@]12F. The van der Waals surface area contributed by atoms with Crippen LogP contribution in [-0.4, -0.2) is 81.9 Å². The van der Waals surface area contributed by atoms with Crippen LogP contribution in [0.3, 0.4) is 0 Å². The van der Waals surface area contributed by atoms with Crippen molar-refractivity contribution in [3.05, 3.63) is 0 Å². The third-order valence-corrected chi connectivity index (χ3v) is 6.78. The second kappa shape index (κ2) is 6.14. The van der Waals surface area contributed by atoms with E-state index in [4.69, 9.17) is 0 Å². The number of hydrogen-bond acceptors (Lipinski definition) is 0. The fraction of sp³-hybridized carbons (Fsp3) is 1.00. The number of halogens is 24. The molecule has 3 saturated carbocycles. The molecular formula is C14F24. The predicted octanol–water partition coefficient (Wildman–Crippen LogP) is 7.21. The van der Waals surface area contributed by atoms with Crippen LogP contribution in [0, 0.1) is 0 Å². The van der Waals surface area contributed by atoms with Crippen LogP contribution in [0.25, 0.3) is 0 Å². The number of rotatable bonds is 0. The fourth-order valence-electron chi connectivity index (χ4n) is 4.69. The summed E-state index contributed by atoms with van der Waals surface area (Å²) in [6, 6.07) is 0. The van der Waals surface area contributed by atoms with E-state index in [1.165, 1.54) is 0 Å². The van der Waals surface area contributed by atoms with Crippen LogP contribution in [0.2, 0.25) is 0 Å². The van der Waals surface area contributed by atoms with Crippen molar-refractivity contribution >= 4 is 0 Å². The smallest absolute Gasteiger partial charge is 0.229 e. The Hall–Kier alpha value is -1.68. The highest BCUT2D eigenvalue weighted by molar-refractivity contribution is 5.51. The van der Waals surface area contributed by atoms with E-state index in [0.29, 0.717) is 0 Å². The van der Waals surface area contributed by atoms with Crippen molar-refractivity contribution in [3.8, 4) is 0 Å². The van der Waals surface area contributed by atoms with Gasteiger partial charge in [-0.15, -0.1) is 0 Å². The van der Waals surface area contributed by atoms with Crippen molar-refractivity contribution in [1.29, 1.82) is 0 Å². The van der Waals surface area contributed by atoms with Crippen LogP contribution in [-0.2, 0) is 0 Å². The molecule has 0 saturated heterocycles. The highest BCUT2D eigenvalue weighted by Crippen LogP contribution is 2.87. The molecule has 0 aromatic carbocycles. The van der Waals surface area contributed by atoms with E-state index < -0.39 is 81.9 Å². The van der Waals surface area contributed by atoms with Crippen molar-refractivity contribution in [3.63, 3.8) is 0 Å². The van der Waals surface area contributed by atoms with Gasteiger partial charge in [0.1, 0.15) is 0 Å². The van der Waals surface area contributed by atoms with Gasteiger partial charge < -0.3 is 0 Å². The maximum Gasteiger partial charge on any atom is 0.382 e. The van der Waals surface area contributed by atoms with E-state index in [2.05, 4.69) is 0 Å². The van der Waals surface area contributed by atoms with Crippen molar-refractivity contribution in [1.82, 2.24) is 0 Å². The lowest BCUT2D eigenvalue weighted by atomic mass is 9.43. The first kappa shape index (κ1) is 30.9. The Bertz CT molecular complexity index is 982. The normalized spacial score (nSPS) is 47.4. The van der Waals surface area contributed by atoms with Gasteiger partial charge in [0.05, 0.1) is 0 Å². The lowest BCUT2D eigenvalue weighted by molar-refractivity contribution is -0.587. The molecule has 3 aliphatic carbocycles. The number of alkyl halides is 24. The highest BCUT2D eigenvalue weighted by atomic mass is 19.4. The van der Waals surface area contributed by atoms with E-state index in [-0.39, 0.29) is 0 Å². The standard InChI is InChI=1S/C14F24/c15-1-2(16)4(18,10(29,30)14(37,38)12(33,34)6(2,21)22)8(25,26)7(23,24)3(1,17)9(27,28)13(35,36)11(31,32)5(1,19)20/t1-,2-,3-,4-/m1/s1. The summed E-state index contributed by atoms with van der Waals surface area (Å²) in [5.74, 6) is -91.1. The van der Waals surface area contributed by atoms with Gasteiger partial charge in [-0.1, -0.05) is 0 Å². The molecule has 38 heavy (non-hydrogen) atoms. The van der Waals surface area contributed by atoms with Crippen LogP contribution in [0.4, 0.5) is 105 Å². The van der Waals surface area contributed by atoms with Gasteiger partial charge >= 0.3 is 59.2 Å². The maximum absolute atomic E-state index is 15.3. The second-order valence-corrected chi connectivity index (χ2v) is 8.38. The van der Waals surface area contributed by atoms with Gasteiger partial charge in [-0.3, -0.25) is 0 Å². The largest absolute Gasteiger partial charge is 0.382 e. The van der Waals surface area contributed by atoms with Gasteiger partial charge in [0.2, 0.25) is 0 Å². The van der Waals surface area contributed by atoms with Gasteiger partial charge in [0, 0.05) is 0 Å². The first-order valence-electron chi connectivity index (χ1n) is 8.54.